The van der Waals surface area contributed by atoms with Gasteiger partial charge in [0, 0.05) is 11.5 Å². The first-order valence-corrected chi connectivity index (χ1v) is 8.45. The van der Waals surface area contributed by atoms with E-state index in [0.29, 0.717) is 39.3 Å². The largest absolute Gasteiger partial charge is 0.493 e. The Balaban J connectivity index is 2.03. The summed E-state index contributed by atoms with van der Waals surface area (Å²) in [5, 5.41) is 0.712. The molecule has 6 nitrogen and oxygen atoms in total. The van der Waals surface area contributed by atoms with Crippen molar-refractivity contribution in [3.8, 4) is 28.4 Å². The highest BCUT2D eigenvalue weighted by atomic mass is 16.5. The SMILES string of the molecule is COc1ccc(-c2cc3ccc(OC(=O)C(C)C)cc3oc2=O)cc1OC. The number of hydrogen-bond donors (Lipinski definition) is 0. The molecule has 0 amide bonds. The molecule has 0 aliphatic rings. The number of rotatable bonds is 5. The summed E-state index contributed by atoms with van der Waals surface area (Å²) in [6.45, 7) is 3.50. The molecular weight excluding hydrogens is 348 g/mol. The summed E-state index contributed by atoms with van der Waals surface area (Å²) in [4.78, 5) is 24.2. The van der Waals surface area contributed by atoms with Gasteiger partial charge in [-0.3, -0.25) is 4.79 Å². The van der Waals surface area contributed by atoms with Crippen molar-refractivity contribution >= 4 is 16.9 Å². The zero-order valence-electron chi connectivity index (χ0n) is 15.6. The third kappa shape index (κ3) is 3.79. The Hall–Kier alpha value is -3.28. The Kier molecular flexibility index (Phi) is 5.16. The van der Waals surface area contributed by atoms with E-state index in [2.05, 4.69) is 0 Å². The van der Waals surface area contributed by atoms with E-state index in [9.17, 15) is 9.59 Å². The van der Waals surface area contributed by atoms with Gasteiger partial charge in [0.1, 0.15) is 11.3 Å². The Morgan fingerprint density at radius 1 is 0.963 bits per heavy atom. The molecule has 0 saturated carbocycles. The van der Waals surface area contributed by atoms with Crippen LogP contribution in [-0.4, -0.2) is 20.2 Å². The van der Waals surface area contributed by atoms with E-state index >= 15 is 0 Å². The van der Waals surface area contributed by atoms with Crippen molar-refractivity contribution in [2.45, 2.75) is 13.8 Å². The summed E-state index contributed by atoms with van der Waals surface area (Å²) in [6.07, 6.45) is 0. The second-order valence-corrected chi connectivity index (χ2v) is 6.29. The smallest absolute Gasteiger partial charge is 0.344 e. The molecule has 2 aromatic carbocycles. The number of ether oxygens (including phenoxy) is 3. The second kappa shape index (κ2) is 7.53. The average molecular weight is 368 g/mol. The fraction of sp³-hybridized carbons (Fsp3) is 0.238. The van der Waals surface area contributed by atoms with Crippen molar-refractivity contribution in [1.82, 2.24) is 0 Å². The topological polar surface area (TPSA) is 75.0 Å². The highest BCUT2D eigenvalue weighted by Crippen LogP contribution is 2.32. The average Bonchev–Trinajstić information content (AvgIpc) is 2.66. The molecule has 0 atom stereocenters. The molecule has 0 radical (unpaired) electrons. The highest BCUT2D eigenvalue weighted by molar-refractivity contribution is 5.84. The van der Waals surface area contributed by atoms with Gasteiger partial charge in [0.2, 0.25) is 0 Å². The van der Waals surface area contributed by atoms with Crippen LogP contribution in [0.25, 0.3) is 22.1 Å². The quantitative estimate of drug-likeness (QED) is 0.384. The van der Waals surface area contributed by atoms with E-state index in [1.54, 1.807) is 57.4 Å². The Labute approximate surface area is 156 Å². The molecule has 3 rings (SSSR count). The molecule has 0 fully saturated rings. The number of fused-ring (bicyclic) bond motifs is 1. The van der Waals surface area contributed by atoms with Gasteiger partial charge in [0.05, 0.1) is 25.7 Å². The first-order chi connectivity index (χ1) is 12.9. The Morgan fingerprint density at radius 2 is 1.70 bits per heavy atom. The maximum Gasteiger partial charge on any atom is 0.344 e. The number of methoxy groups -OCH3 is 2. The fourth-order valence-corrected chi connectivity index (χ4v) is 2.59. The molecule has 27 heavy (non-hydrogen) atoms. The van der Waals surface area contributed by atoms with Gasteiger partial charge in [-0.05, 0) is 35.9 Å². The van der Waals surface area contributed by atoms with Gasteiger partial charge in [0.15, 0.2) is 11.5 Å². The Morgan fingerprint density at radius 3 is 2.37 bits per heavy atom. The van der Waals surface area contributed by atoms with Gasteiger partial charge in [-0.1, -0.05) is 19.9 Å². The molecule has 0 aliphatic heterocycles. The Bertz CT molecular complexity index is 1050. The van der Waals surface area contributed by atoms with E-state index in [1.807, 2.05) is 0 Å². The van der Waals surface area contributed by atoms with Crippen molar-refractivity contribution in [3.05, 3.63) is 52.9 Å². The van der Waals surface area contributed by atoms with Crippen LogP contribution >= 0.6 is 0 Å². The molecule has 140 valence electrons. The summed E-state index contributed by atoms with van der Waals surface area (Å²) < 4.78 is 21.2. The number of benzene rings is 2. The van der Waals surface area contributed by atoms with E-state index in [1.165, 1.54) is 13.2 Å². The monoisotopic (exact) mass is 368 g/mol. The number of hydrogen-bond acceptors (Lipinski definition) is 6. The molecule has 0 N–H and O–H groups in total. The molecule has 6 heteroatoms. The summed E-state index contributed by atoms with van der Waals surface area (Å²) in [5.41, 5.74) is 0.898. The molecule has 0 unspecified atom stereocenters. The molecule has 1 heterocycles. The van der Waals surface area contributed by atoms with Crippen molar-refractivity contribution < 1.29 is 23.4 Å². The van der Waals surface area contributed by atoms with Crippen LogP contribution in [0.5, 0.6) is 17.2 Å². The minimum Gasteiger partial charge on any atom is -0.493 e. The molecule has 0 bridgehead atoms. The van der Waals surface area contributed by atoms with Gasteiger partial charge in [0.25, 0.3) is 0 Å². The van der Waals surface area contributed by atoms with E-state index in [4.69, 9.17) is 18.6 Å². The molecule has 3 aromatic rings. The van der Waals surface area contributed by atoms with Crippen LogP contribution < -0.4 is 19.8 Å². The first kappa shape index (κ1) is 18.5. The third-order valence-electron chi connectivity index (χ3n) is 4.09. The zero-order valence-corrected chi connectivity index (χ0v) is 15.6. The number of esters is 1. The fourth-order valence-electron chi connectivity index (χ4n) is 2.59. The van der Waals surface area contributed by atoms with Gasteiger partial charge < -0.3 is 18.6 Å². The standard InChI is InChI=1S/C21H20O6/c1-12(2)20(22)26-15-7-5-14-9-16(21(23)27-18(14)11-15)13-6-8-17(24-3)19(10-13)25-4/h5-12H,1-4H3. The van der Waals surface area contributed by atoms with Crippen LogP contribution in [-0.2, 0) is 4.79 Å². The molecule has 0 aliphatic carbocycles. The maximum absolute atomic E-state index is 12.5. The molecule has 0 spiro atoms. The summed E-state index contributed by atoms with van der Waals surface area (Å²) in [6, 6.07) is 11.9. The molecule has 1 aromatic heterocycles. The number of carbonyl (C=O) groups excluding carboxylic acids is 1. The minimum atomic E-state index is -0.498. The van der Waals surface area contributed by atoms with E-state index < -0.39 is 5.63 Å². The van der Waals surface area contributed by atoms with E-state index in [0.717, 1.165) is 0 Å². The van der Waals surface area contributed by atoms with Crippen molar-refractivity contribution in [2.75, 3.05) is 14.2 Å². The van der Waals surface area contributed by atoms with Crippen LogP contribution in [0.1, 0.15) is 13.8 Å². The van der Waals surface area contributed by atoms with Crippen molar-refractivity contribution in [1.29, 1.82) is 0 Å². The predicted molar refractivity (Wildman–Crippen MR) is 101 cm³/mol. The lowest BCUT2D eigenvalue weighted by molar-refractivity contribution is -0.137. The van der Waals surface area contributed by atoms with Crippen LogP contribution in [0.2, 0.25) is 0 Å². The van der Waals surface area contributed by atoms with Crippen LogP contribution in [0.4, 0.5) is 0 Å². The summed E-state index contributed by atoms with van der Waals surface area (Å²) in [5.74, 6) is 0.829. The van der Waals surface area contributed by atoms with Gasteiger partial charge in [-0.25, -0.2) is 4.79 Å². The van der Waals surface area contributed by atoms with Crippen LogP contribution in [0.15, 0.2) is 51.7 Å². The lowest BCUT2D eigenvalue weighted by atomic mass is 10.1. The lowest BCUT2D eigenvalue weighted by Crippen LogP contribution is -2.14. The second-order valence-electron chi connectivity index (χ2n) is 6.29. The van der Waals surface area contributed by atoms with Crippen molar-refractivity contribution in [2.24, 2.45) is 5.92 Å². The summed E-state index contributed by atoms with van der Waals surface area (Å²) >= 11 is 0. The first-order valence-electron chi connectivity index (χ1n) is 8.45. The third-order valence-corrected chi connectivity index (χ3v) is 4.09. The van der Waals surface area contributed by atoms with E-state index in [-0.39, 0.29) is 11.9 Å². The molecular formula is C21H20O6. The number of carbonyl (C=O) groups is 1. The lowest BCUT2D eigenvalue weighted by Gasteiger charge is -2.10. The summed E-state index contributed by atoms with van der Waals surface area (Å²) in [7, 11) is 3.08. The van der Waals surface area contributed by atoms with Gasteiger partial charge in [-0.2, -0.15) is 0 Å². The maximum atomic E-state index is 12.5. The van der Waals surface area contributed by atoms with Crippen molar-refractivity contribution in [3.63, 3.8) is 0 Å². The predicted octanol–water partition coefficient (Wildman–Crippen LogP) is 4.04. The highest BCUT2D eigenvalue weighted by Gasteiger charge is 2.14. The normalized spacial score (nSPS) is 10.9. The van der Waals surface area contributed by atoms with Gasteiger partial charge >= 0.3 is 11.6 Å². The van der Waals surface area contributed by atoms with Gasteiger partial charge in [-0.15, -0.1) is 0 Å². The zero-order chi connectivity index (χ0) is 19.6. The van der Waals surface area contributed by atoms with Crippen LogP contribution in [0.3, 0.4) is 0 Å². The minimum absolute atomic E-state index is 0.250. The van der Waals surface area contributed by atoms with Crippen LogP contribution in [0, 0.1) is 5.92 Å². The molecule has 0 saturated heterocycles.